The predicted octanol–water partition coefficient (Wildman–Crippen LogP) is 3.60. The maximum absolute atomic E-state index is 12.9. The van der Waals surface area contributed by atoms with Gasteiger partial charge in [-0.3, -0.25) is 4.79 Å². The number of nitrogens with zero attached hydrogens (tertiary/aromatic N) is 1. The van der Waals surface area contributed by atoms with Gasteiger partial charge in [-0.05, 0) is 68.5 Å². The number of carbonyl (C=O) groups is 1. The third kappa shape index (κ3) is 5.02. The van der Waals surface area contributed by atoms with E-state index in [9.17, 15) is 13.2 Å². The predicted molar refractivity (Wildman–Crippen MR) is 118 cm³/mol. The van der Waals surface area contributed by atoms with Crippen LogP contribution in [-0.4, -0.2) is 44.9 Å². The van der Waals surface area contributed by atoms with Crippen molar-refractivity contribution in [2.45, 2.75) is 44.9 Å². The molecule has 0 atom stereocenters. The van der Waals surface area contributed by atoms with Crippen LogP contribution in [0.2, 0.25) is 0 Å². The Morgan fingerprint density at radius 2 is 1.77 bits per heavy atom. The Kier molecular flexibility index (Phi) is 7.15. The van der Waals surface area contributed by atoms with Crippen molar-refractivity contribution in [3.63, 3.8) is 0 Å². The van der Waals surface area contributed by atoms with Crippen LogP contribution < -0.4 is 10.1 Å². The molecule has 1 fully saturated rings. The number of ether oxygens (including phenoxy) is 1. The summed E-state index contributed by atoms with van der Waals surface area (Å²) in [6.07, 6.45) is 2.80. The quantitative estimate of drug-likeness (QED) is 0.681. The van der Waals surface area contributed by atoms with Crippen LogP contribution in [0.25, 0.3) is 0 Å². The van der Waals surface area contributed by atoms with Crippen LogP contribution in [0.1, 0.15) is 46.3 Å². The third-order valence-corrected chi connectivity index (χ3v) is 7.50. The van der Waals surface area contributed by atoms with Crippen LogP contribution >= 0.6 is 0 Å². The van der Waals surface area contributed by atoms with Gasteiger partial charge < -0.3 is 10.1 Å². The summed E-state index contributed by atoms with van der Waals surface area (Å²) in [7, 11) is -3.58. The molecule has 2 aromatic carbocycles. The minimum atomic E-state index is -3.58. The van der Waals surface area contributed by atoms with Gasteiger partial charge in [-0.1, -0.05) is 24.6 Å². The van der Waals surface area contributed by atoms with E-state index in [0.717, 1.165) is 41.7 Å². The Bertz CT molecular complexity index is 1010. The normalized spacial score (nSPS) is 15.0. The SMILES string of the molecule is Cc1ccc(S(=O)(=O)N2CCCCC2)cc1C(=O)NCCOc1cccc(C)c1C. The van der Waals surface area contributed by atoms with Crippen LogP contribution in [0.4, 0.5) is 0 Å². The molecule has 0 unspecified atom stereocenters. The number of rotatable bonds is 7. The van der Waals surface area contributed by atoms with Gasteiger partial charge in [-0.15, -0.1) is 0 Å². The smallest absolute Gasteiger partial charge is 0.251 e. The van der Waals surface area contributed by atoms with Gasteiger partial charge in [0, 0.05) is 18.7 Å². The highest BCUT2D eigenvalue weighted by atomic mass is 32.2. The van der Waals surface area contributed by atoms with E-state index in [1.807, 2.05) is 32.0 Å². The van der Waals surface area contributed by atoms with E-state index in [0.29, 0.717) is 31.8 Å². The minimum absolute atomic E-state index is 0.173. The highest BCUT2D eigenvalue weighted by Crippen LogP contribution is 2.23. The Morgan fingerprint density at radius 1 is 1.03 bits per heavy atom. The molecule has 6 nitrogen and oxygen atoms in total. The maximum atomic E-state index is 12.9. The molecule has 1 aliphatic heterocycles. The van der Waals surface area contributed by atoms with Crippen molar-refractivity contribution in [3.05, 3.63) is 58.7 Å². The van der Waals surface area contributed by atoms with Gasteiger partial charge >= 0.3 is 0 Å². The van der Waals surface area contributed by atoms with Gasteiger partial charge in [-0.25, -0.2) is 8.42 Å². The molecule has 3 rings (SSSR count). The number of sulfonamides is 1. The lowest BCUT2D eigenvalue weighted by molar-refractivity contribution is 0.0946. The Labute approximate surface area is 179 Å². The first kappa shape index (κ1) is 22.3. The number of nitrogens with one attached hydrogen (secondary N) is 1. The molecule has 0 spiro atoms. The second-order valence-electron chi connectivity index (χ2n) is 7.74. The number of aryl methyl sites for hydroxylation is 2. The van der Waals surface area contributed by atoms with Crippen LogP contribution in [0.15, 0.2) is 41.3 Å². The lowest BCUT2D eigenvalue weighted by Crippen LogP contribution is -2.36. The first-order chi connectivity index (χ1) is 14.3. The fourth-order valence-corrected chi connectivity index (χ4v) is 5.11. The van der Waals surface area contributed by atoms with Crippen molar-refractivity contribution in [1.29, 1.82) is 0 Å². The lowest BCUT2D eigenvalue weighted by atomic mass is 10.1. The van der Waals surface area contributed by atoms with Gasteiger partial charge in [0.1, 0.15) is 12.4 Å². The van der Waals surface area contributed by atoms with E-state index in [1.165, 1.54) is 10.4 Å². The standard InChI is InChI=1S/C23H30N2O4S/c1-17-8-7-9-22(19(17)3)29-15-12-24-23(26)21-16-20(11-10-18(21)2)30(27,28)25-13-5-4-6-14-25/h7-11,16H,4-6,12-15H2,1-3H3,(H,24,26). The molecule has 0 aromatic heterocycles. The van der Waals surface area contributed by atoms with Gasteiger partial charge in [0.2, 0.25) is 10.0 Å². The molecule has 1 amide bonds. The second-order valence-corrected chi connectivity index (χ2v) is 9.68. The molecule has 1 saturated heterocycles. The third-order valence-electron chi connectivity index (χ3n) is 5.61. The molecule has 1 aliphatic rings. The van der Waals surface area contributed by atoms with Crippen molar-refractivity contribution in [2.24, 2.45) is 0 Å². The van der Waals surface area contributed by atoms with Crippen molar-refractivity contribution in [3.8, 4) is 5.75 Å². The van der Waals surface area contributed by atoms with Crippen molar-refractivity contribution < 1.29 is 17.9 Å². The maximum Gasteiger partial charge on any atom is 0.251 e. The van der Waals surface area contributed by atoms with Gasteiger partial charge in [0.05, 0.1) is 11.4 Å². The molecule has 0 radical (unpaired) electrons. The number of carbonyl (C=O) groups excluding carboxylic acids is 1. The van der Waals surface area contributed by atoms with Gasteiger partial charge in [-0.2, -0.15) is 4.31 Å². The summed E-state index contributed by atoms with van der Waals surface area (Å²) in [5.41, 5.74) is 3.34. The average molecular weight is 431 g/mol. The Balaban J connectivity index is 1.64. The summed E-state index contributed by atoms with van der Waals surface area (Å²) >= 11 is 0. The average Bonchev–Trinajstić information content (AvgIpc) is 2.74. The molecule has 1 N–H and O–H groups in total. The van der Waals surface area contributed by atoms with Crippen LogP contribution in [-0.2, 0) is 10.0 Å². The summed E-state index contributed by atoms with van der Waals surface area (Å²) < 4.78 is 33.1. The monoisotopic (exact) mass is 430 g/mol. The number of hydrogen-bond donors (Lipinski definition) is 1. The van der Waals surface area contributed by atoms with Gasteiger partial charge in [0.15, 0.2) is 0 Å². The number of amides is 1. The zero-order valence-electron chi connectivity index (χ0n) is 17.9. The molecule has 30 heavy (non-hydrogen) atoms. The fraction of sp³-hybridized carbons (Fsp3) is 0.435. The molecule has 2 aromatic rings. The molecule has 1 heterocycles. The molecule has 0 bridgehead atoms. The number of benzene rings is 2. The van der Waals surface area contributed by atoms with E-state index in [1.54, 1.807) is 19.1 Å². The molecule has 162 valence electrons. The first-order valence-electron chi connectivity index (χ1n) is 10.4. The summed E-state index contributed by atoms with van der Waals surface area (Å²) in [5, 5.41) is 2.83. The topological polar surface area (TPSA) is 75.7 Å². The highest BCUT2D eigenvalue weighted by molar-refractivity contribution is 7.89. The summed E-state index contributed by atoms with van der Waals surface area (Å²) in [6, 6.07) is 10.6. The van der Waals surface area contributed by atoms with E-state index in [2.05, 4.69) is 5.32 Å². The lowest BCUT2D eigenvalue weighted by Gasteiger charge is -2.26. The highest BCUT2D eigenvalue weighted by Gasteiger charge is 2.27. The zero-order valence-corrected chi connectivity index (χ0v) is 18.7. The number of piperidine rings is 1. The Hall–Kier alpha value is -2.38. The van der Waals surface area contributed by atoms with Crippen molar-refractivity contribution in [2.75, 3.05) is 26.2 Å². The largest absolute Gasteiger partial charge is 0.491 e. The van der Waals surface area contributed by atoms with Crippen LogP contribution in [0, 0.1) is 20.8 Å². The fourth-order valence-electron chi connectivity index (χ4n) is 3.56. The summed E-state index contributed by atoms with van der Waals surface area (Å²) in [4.78, 5) is 12.9. The van der Waals surface area contributed by atoms with Crippen molar-refractivity contribution in [1.82, 2.24) is 9.62 Å². The van der Waals surface area contributed by atoms with Crippen molar-refractivity contribution >= 4 is 15.9 Å². The first-order valence-corrected chi connectivity index (χ1v) is 11.8. The Morgan fingerprint density at radius 3 is 2.50 bits per heavy atom. The molecular weight excluding hydrogens is 400 g/mol. The zero-order chi connectivity index (χ0) is 21.7. The minimum Gasteiger partial charge on any atom is -0.491 e. The van der Waals surface area contributed by atoms with E-state index in [4.69, 9.17) is 4.74 Å². The van der Waals surface area contributed by atoms with E-state index in [-0.39, 0.29) is 10.8 Å². The molecular formula is C23H30N2O4S. The van der Waals surface area contributed by atoms with E-state index < -0.39 is 10.0 Å². The summed E-state index contributed by atoms with van der Waals surface area (Å²) in [5.74, 6) is 0.503. The summed E-state index contributed by atoms with van der Waals surface area (Å²) in [6.45, 7) is 7.56. The molecule has 0 saturated carbocycles. The van der Waals surface area contributed by atoms with Crippen LogP contribution in [0.5, 0.6) is 5.75 Å². The number of hydrogen-bond acceptors (Lipinski definition) is 4. The van der Waals surface area contributed by atoms with Gasteiger partial charge in [0.25, 0.3) is 5.91 Å². The molecule has 0 aliphatic carbocycles. The van der Waals surface area contributed by atoms with E-state index >= 15 is 0 Å². The second kappa shape index (κ2) is 9.62. The molecule has 7 heteroatoms. The van der Waals surface area contributed by atoms with Crippen LogP contribution in [0.3, 0.4) is 0 Å².